The number of nitrogens with zero attached hydrogens (tertiary/aromatic N) is 3. The summed E-state index contributed by atoms with van der Waals surface area (Å²) in [7, 11) is 1.68. The van der Waals surface area contributed by atoms with Gasteiger partial charge in [-0.15, -0.1) is 5.10 Å². The molecule has 1 aromatic carbocycles. The molecule has 80 valence electrons. The summed E-state index contributed by atoms with van der Waals surface area (Å²) >= 11 is 3.50. The highest BCUT2D eigenvalue weighted by molar-refractivity contribution is 9.10. The lowest BCUT2D eigenvalue weighted by Gasteiger charge is -2.02. The van der Waals surface area contributed by atoms with Crippen molar-refractivity contribution in [3.8, 4) is 0 Å². The van der Waals surface area contributed by atoms with Gasteiger partial charge in [0.15, 0.2) is 0 Å². The summed E-state index contributed by atoms with van der Waals surface area (Å²) in [6.07, 6.45) is 0. The SMILES string of the molecule is COCCn1nnc2cc(C)c(Br)cc21. The van der Waals surface area contributed by atoms with Gasteiger partial charge in [0.2, 0.25) is 0 Å². The van der Waals surface area contributed by atoms with Crippen LogP contribution in [0.3, 0.4) is 0 Å². The molecular weight excluding hydrogens is 258 g/mol. The van der Waals surface area contributed by atoms with E-state index in [0.717, 1.165) is 22.1 Å². The van der Waals surface area contributed by atoms with Gasteiger partial charge in [0.25, 0.3) is 0 Å². The topological polar surface area (TPSA) is 39.9 Å². The summed E-state index contributed by atoms with van der Waals surface area (Å²) in [4.78, 5) is 0. The van der Waals surface area contributed by atoms with Crippen LogP contribution in [0.1, 0.15) is 5.56 Å². The van der Waals surface area contributed by atoms with Gasteiger partial charge in [0.05, 0.1) is 18.7 Å². The van der Waals surface area contributed by atoms with Crippen molar-refractivity contribution in [3.63, 3.8) is 0 Å². The maximum atomic E-state index is 5.02. The summed E-state index contributed by atoms with van der Waals surface area (Å²) < 4.78 is 7.95. The van der Waals surface area contributed by atoms with Gasteiger partial charge in [-0.05, 0) is 24.6 Å². The monoisotopic (exact) mass is 269 g/mol. The number of ether oxygens (including phenoxy) is 1. The normalized spacial score (nSPS) is 11.1. The number of hydrogen-bond acceptors (Lipinski definition) is 3. The number of aryl methyl sites for hydroxylation is 1. The average molecular weight is 270 g/mol. The summed E-state index contributed by atoms with van der Waals surface area (Å²) in [5, 5.41) is 8.19. The number of methoxy groups -OCH3 is 1. The van der Waals surface area contributed by atoms with Crippen molar-refractivity contribution >= 4 is 27.0 Å². The minimum absolute atomic E-state index is 0.643. The van der Waals surface area contributed by atoms with Crippen LogP contribution >= 0.6 is 15.9 Å². The van der Waals surface area contributed by atoms with Gasteiger partial charge >= 0.3 is 0 Å². The van der Waals surface area contributed by atoms with E-state index >= 15 is 0 Å². The third-order valence-electron chi connectivity index (χ3n) is 2.30. The molecule has 2 aromatic rings. The third-order valence-corrected chi connectivity index (χ3v) is 3.16. The molecule has 5 heteroatoms. The standard InChI is InChI=1S/C10H12BrN3O/c1-7-5-9-10(6-8(7)11)14(13-12-9)3-4-15-2/h5-6H,3-4H2,1-2H3. The van der Waals surface area contributed by atoms with E-state index in [1.165, 1.54) is 5.56 Å². The van der Waals surface area contributed by atoms with Crippen LogP contribution in [0.5, 0.6) is 0 Å². The first-order chi connectivity index (χ1) is 7.22. The second-order valence-corrected chi connectivity index (χ2v) is 4.25. The Morgan fingerprint density at radius 1 is 1.47 bits per heavy atom. The minimum atomic E-state index is 0.643. The Balaban J connectivity index is 2.45. The maximum absolute atomic E-state index is 5.02. The van der Waals surface area contributed by atoms with Crippen molar-refractivity contribution in [3.05, 3.63) is 22.2 Å². The molecule has 15 heavy (non-hydrogen) atoms. The Kier molecular flexibility index (Phi) is 3.02. The number of rotatable bonds is 3. The zero-order valence-corrected chi connectivity index (χ0v) is 10.3. The minimum Gasteiger partial charge on any atom is -0.383 e. The molecule has 2 rings (SSSR count). The van der Waals surface area contributed by atoms with E-state index in [2.05, 4.69) is 26.2 Å². The number of aromatic nitrogens is 3. The lowest BCUT2D eigenvalue weighted by atomic mass is 10.2. The fourth-order valence-electron chi connectivity index (χ4n) is 1.44. The fraction of sp³-hybridized carbons (Fsp3) is 0.400. The smallest absolute Gasteiger partial charge is 0.113 e. The molecule has 1 heterocycles. The first-order valence-electron chi connectivity index (χ1n) is 4.70. The maximum Gasteiger partial charge on any atom is 0.113 e. The number of fused-ring (bicyclic) bond motifs is 1. The second kappa shape index (κ2) is 4.28. The molecule has 0 saturated carbocycles. The van der Waals surface area contributed by atoms with E-state index in [1.807, 2.05) is 23.7 Å². The molecule has 0 aliphatic rings. The molecule has 0 saturated heterocycles. The van der Waals surface area contributed by atoms with E-state index in [1.54, 1.807) is 7.11 Å². The van der Waals surface area contributed by atoms with E-state index in [4.69, 9.17) is 4.74 Å². The van der Waals surface area contributed by atoms with Crippen LogP contribution in [0.4, 0.5) is 0 Å². The van der Waals surface area contributed by atoms with E-state index in [9.17, 15) is 0 Å². The number of halogens is 1. The Bertz CT molecular complexity index is 481. The zero-order valence-electron chi connectivity index (χ0n) is 8.70. The number of hydrogen-bond donors (Lipinski definition) is 0. The molecule has 0 atom stereocenters. The largest absolute Gasteiger partial charge is 0.383 e. The van der Waals surface area contributed by atoms with Crippen molar-refractivity contribution in [2.45, 2.75) is 13.5 Å². The molecule has 0 fully saturated rings. The molecular formula is C10H12BrN3O. The molecule has 0 radical (unpaired) electrons. The lowest BCUT2D eigenvalue weighted by molar-refractivity contribution is 0.184. The first kappa shape index (κ1) is 10.6. The molecule has 0 aliphatic carbocycles. The van der Waals surface area contributed by atoms with Gasteiger partial charge in [0, 0.05) is 11.6 Å². The van der Waals surface area contributed by atoms with Gasteiger partial charge < -0.3 is 4.74 Å². The van der Waals surface area contributed by atoms with Crippen LogP contribution in [0, 0.1) is 6.92 Å². The quantitative estimate of drug-likeness (QED) is 0.858. The average Bonchev–Trinajstić information content (AvgIpc) is 2.59. The van der Waals surface area contributed by atoms with Gasteiger partial charge in [0.1, 0.15) is 5.52 Å². The summed E-state index contributed by atoms with van der Waals surface area (Å²) in [5.41, 5.74) is 3.12. The van der Waals surface area contributed by atoms with Crippen LogP contribution in [0.25, 0.3) is 11.0 Å². The molecule has 0 N–H and O–H groups in total. The second-order valence-electron chi connectivity index (χ2n) is 3.40. The third kappa shape index (κ3) is 2.03. The van der Waals surface area contributed by atoms with Crippen molar-refractivity contribution in [2.24, 2.45) is 0 Å². The Morgan fingerprint density at radius 3 is 3.00 bits per heavy atom. The molecule has 4 nitrogen and oxygen atoms in total. The van der Waals surface area contributed by atoms with E-state index < -0.39 is 0 Å². The van der Waals surface area contributed by atoms with Crippen LogP contribution < -0.4 is 0 Å². The number of benzene rings is 1. The Labute approximate surface area is 96.3 Å². The van der Waals surface area contributed by atoms with Gasteiger partial charge in [-0.2, -0.15) is 0 Å². The molecule has 0 spiro atoms. The van der Waals surface area contributed by atoms with Crippen molar-refractivity contribution in [1.29, 1.82) is 0 Å². The molecule has 0 aliphatic heterocycles. The summed E-state index contributed by atoms with van der Waals surface area (Å²) in [5.74, 6) is 0. The highest BCUT2D eigenvalue weighted by atomic mass is 79.9. The Morgan fingerprint density at radius 2 is 2.27 bits per heavy atom. The van der Waals surface area contributed by atoms with Gasteiger partial charge in [-0.25, -0.2) is 4.68 Å². The van der Waals surface area contributed by atoms with Gasteiger partial charge in [-0.1, -0.05) is 21.1 Å². The van der Waals surface area contributed by atoms with E-state index in [0.29, 0.717) is 6.61 Å². The van der Waals surface area contributed by atoms with Crippen LogP contribution in [0.15, 0.2) is 16.6 Å². The lowest BCUT2D eigenvalue weighted by Crippen LogP contribution is -2.05. The summed E-state index contributed by atoms with van der Waals surface area (Å²) in [6, 6.07) is 4.07. The highest BCUT2D eigenvalue weighted by Gasteiger charge is 2.06. The first-order valence-corrected chi connectivity index (χ1v) is 5.50. The van der Waals surface area contributed by atoms with E-state index in [-0.39, 0.29) is 0 Å². The van der Waals surface area contributed by atoms with Gasteiger partial charge in [-0.3, -0.25) is 0 Å². The Hall–Kier alpha value is -0.940. The summed E-state index contributed by atoms with van der Waals surface area (Å²) in [6.45, 7) is 3.41. The van der Waals surface area contributed by atoms with Crippen LogP contribution in [-0.4, -0.2) is 28.7 Å². The van der Waals surface area contributed by atoms with Crippen molar-refractivity contribution in [2.75, 3.05) is 13.7 Å². The molecule has 1 aromatic heterocycles. The van der Waals surface area contributed by atoms with Crippen LogP contribution in [0.2, 0.25) is 0 Å². The van der Waals surface area contributed by atoms with Crippen LogP contribution in [-0.2, 0) is 11.3 Å². The molecule has 0 amide bonds. The molecule has 0 unspecified atom stereocenters. The van der Waals surface area contributed by atoms with Crippen molar-refractivity contribution < 1.29 is 4.74 Å². The zero-order chi connectivity index (χ0) is 10.8. The predicted molar refractivity (Wildman–Crippen MR) is 61.8 cm³/mol. The fourth-order valence-corrected chi connectivity index (χ4v) is 1.77. The highest BCUT2D eigenvalue weighted by Crippen LogP contribution is 2.22. The predicted octanol–water partition coefficient (Wildman–Crippen LogP) is 2.15. The molecule has 0 bridgehead atoms. The van der Waals surface area contributed by atoms with Crippen molar-refractivity contribution in [1.82, 2.24) is 15.0 Å².